The average Bonchev–Trinajstić information content (AvgIpc) is 2.66. The number of amides is 1. The highest BCUT2D eigenvalue weighted by atomic mass is 32.2. The van der Waals surface area contributed by atoms with Gasteiger partial charge in [0.1, 0.15) is 0 Å². The molecule has 0 aromatic heterocycles. The Morgan fingerprint density at radius 2 is 1.81 bits per heavy atom. The Morgan fingerprint density at radius 3 is 2.31 bits per heavy atom. The number of rotatable bonds is 1. The van der Waals surface area contributed by atoms with Crippen molar-refractivity contribution in [2.45, 2.75) is 19.4 Å². The van der Waals surface area contributed by atoms with Gasteiger partial charge < -0.3 is 4.90 Å². The molecule has 2 saturated heterocycles. The van der Waals surface area contributed by atoms with Gasteiger partial charge >= 0.3 is 0 Å². The maximum atomic E-state index is 11.3. The molecule has 1 amide bonds. The zero-order valence-electron chi connectivity index (χ0n) is 9.55. The molecule has 0 aromatic carbocycles. The first-order valence-electron chi connectivity index (χ1n) is 5.68. The largest absolute Gasteiger partial charge is 0.341 e. The normalized spacial score (nSPS) is 30.6. The third-order valence-electron chi connectivity index (χ3n) is 3.50. The number of hydrogen-bond donors (Lipinski definition) is 0. The Hall–Kier alpha value is -0.620. The van der Waals surface area contributed by atoms with E-state index in [4.69, 9.17) is 0 Å². The van der Waals surface area contributed by atoms with E-state index >= 15 is 0 Å². The average molecular weight is 246 g/mol. The molecule has 5 nitrogen and oxygen atoms in total. The quantitative estimate of drug-likeness (QED) is 0.616. The SMILES string of the molecule is CC(=O)N1CC[C@H](N2CCS(=O)(=O)CC2)C1. The van der Waals surface area contributed by atoms with Crippen molar-refractivity contribution < 1.29 is 13.2 Å². The molecule has 2 aliphatic heterocycles. The van der Waals surface area contributed by atoms with Gasteiger partial charge in [-0.1, -0.05) is 0 Å². The van der Waals surface area contributed by atoms with Crippen molar-refractivity contribution in [3.8, 4) is 0 Å². The predicted octanol–water partition coefficient (Wildman–Crippen LogP) is -0.662. The minimum Gasteiger partial charge on any atom is -0.341 e. The van der Waals surface area contributed by atoms with Gasteiger partial charge in [-0.25, -0.2) is 8.42 Å². The van der Waals surface area contributed by atoms with Gasteiger partial charge in [-0.05, 0) is 6.42 Å². The summed E-state index contributed by atoms with van der Waals surface area (Å²) in [6, 6.07) is 0.361. The fraction of sp³-hybridized carbons (Fsp3) is 0.900. The maximum Gasteiger partial charge on any atom is 0.219 e. The van der Waals surface area contributed by atoms with Crippen LogP contribution in [0.15, 0.2) is 0 Å². The minimum absolute atomic E-state index is 0.118. The van der Waals surface area contributed by atoms with Crippen LogP contribution < -0.4 is 0 Å². The van der Waals surface area contributed by atoms with E-state index in [0.717, 1.165) is 19.5 Å². The van der Waals surface area contributed by atoms with E-state index in [1.54, 1.807) is 6.92 Å². The van der Waals surface area contributed by atoms with Gasteiger partial charge in [-0.15, -0.1) is 0 Å². The maximum absolute atomic E-state index is 11.3. The summed E-state index contributed by atoms with van der Waals surface area (Å²) in [5, 5.41) is 0. The van der Waals surface area contributed by atoms with Crippen LogP contribution in [0.25, 0.3) is 0 Å². The summed E-state index contributed by atoms with van der Waals surface area (Å²) in [5.41, 5.74) is 0. The molecule has 1 atom stereocenters. The standard InChI is InChI=1S/C10H18N2O3S/c1-9(13)12-3-2-10(8-12)11-4-6-16(14,15)7-5-11/h10H,2-8H2,1H3/t10-/m0/s1. The van der Waals surface area contributed by atoms with Gasteiger partial charge in [-0.2, -0.15) is 0 Å². The monoisotopic (exact) mass is 246 g/mol. The second-order valence-corrected chi connectivity index (χ2v) is 6.90. The highest BCUT2D eigenvalue weighted by Gasteiger charge is 2.32. The van der Waals surface area contributed by atoms with Gasteiger partial charge in [0.15, 0.2) is 9.84 Å². The van der Waals surface area contributed by atoms with Crippen LogP contribution in [0.2, 0.25) is 0 Å². The lowest BCUT2D eigenvalue weighted by Crippen LogP contribution is -2.47. The summed E-state index contributed by atoms with van der Waals surface area (Å²) in [7, 11) is -2.80. The Balaban J connectivity index is 1.89. The van der Waals surface area contributed by atoms with Gasteiger partial charge in [0, 0.05) is 39.1 Å². The zero-order chi connectivity index (χ0) is 11.8. The molecule has 92 valence electrons. The lowest BCUT2D eigenvalue weighted by molar-refractivity contribution is -0.127. The Kier molecular flexibility index (Phi) is 3.21. The van der Waals surface area contributed by atoms with Crippen molar-refractivity contribution in [3.63, 3.8) is 0 Å². The van der Waals surface area contributed by atoms with Crippen molar-refractivity contribution in [3.05, 3.63) is 0 Å². The molecule has 0 bridgehead atoms. The van der Waals surface area contributed by atoms with Crippen LogP contribution in [0.3, 0.4) is 0 Å². The Morgan fingerprint density at radius 1 is 1.19 bits per heavy atom. The van der Waals surface area contributed by atoms with E-state index in [1.165, 1.54) is 0 Å². The van der Waals surface area contributed by atoms with Gasteiger partial charge in [0.2, 0.25) is 5.91 Å². The number of carbonyl (C=O) groups is 1. The van der Waals surface area contributed by atoms with Gasteiger partial charge in [-0.3, -0.25) is 9.69 Å². The number of nitrogens with zero attached hydrogens (tertiary/aromatic N) is 2. The van der Waals surface area contributed by atoms with E-state index in [1.807, 2.05) is 4.90 Å². The molecule has 2 rings (SSSR count). The van der Waals surface area contributed by atoms with Crippen LogP contribution >= 0.6 is 0 Å². The fourth-order valence-electron chi connectivity index (χ4n) is 2.42. The Bertz CT molecular complexity index is 366. The van der Waals surface area contributed by atoms with Crippen LogP contribution in [0.1, 0.15) is 13.3 Å². The predicted molar refractivity (Wildman–Crippen MR) is 60.9 cm³/mol. The number of sulfone groups is 1. The van der Waals surface area contributed by atoms with Crippen molar-refractivity contribution in [1.29, 1.82) is 0 Å². The number of likely N-dealkylation sites (tertiary alicyclic amines) is 1. The lowest BCUT2D eigenvalue weighted by Gasteiger charge is -2.31. The first-order chi connectivity index (χ1) is 7.48. The molecular formula is C10H18N2O3S. The lowest BCUT2D eigenvalue weighted by atomic mass is 10.2. The highest BCUT2D eigenvalue weighted by Crippen LogP contribution is 2.18. The molecule has 16 heavy (non-hydrogen) atoms. The van der Waals surface area contributed by atoms with Crippen LogP contribution in [0.4, 0.5) is 0 Å². The van der Waals surface area contributed by atoms with E-state index in [-0.39, 0.29) is 17.4 Å². The summed E-state index contributed by atoms with van der Waals surface area (Å²) >= 11 is 0. The summed E-state index contributed by atoms with van der Waals surface area (Å²) in [6.07, 6.45) is 0.972. The minimum atomic E-state index is -2.80. The fourth-order valence-corrected chi connectivity index (χ4v) is 3.65. The van der Waals surface area contributed by atoms with E-state index < -0.39 is 9.84 Å². The molecule has 2 heterocycles. The second-order valence-electron chi connectivity index (χ2n) is 4.60. The van der Waals surface area contributed by atoms with Crippen molar-refractivity contribution in [2.75, 3.05) is 37.7 Å². The molecule has 0 unspecified atom stereocenters. The smallest absolute Gasteiger partial charge is 0.219 e. The van der Waals surface area contributed by atoms with Crippen LogP contribution in [-0.4, -0.2) is 67.9 Å². The van der Waals surface area contributed by atoms with Crippen LogP contribution in [0.5, 0.6) is 0 Å². The first-order valence-corrected chi connectivity index (χ1v) is 7.50. The molecule has 0 radical (unpaired) electrons. The number of hydrogen-bond acceptors (Lipinski definition) is 4. The molecule has 0 saturated carbocycles. The molecule has 0 aromatic rings. The molecule has 2 aliphatic rings. The topological polar surface area (TPSA) is 57.7 Å². The Labute approximate surface area is 96.3 Å². The van der Waals surface area contributed by atoms with Crippen molar-refractivity contribution in [1.82, 2.24) is 9.80 Å². The summed E-state index contributed by atoms with van der Waals surface area (Å²) in [4.78, 5) is 15.2. The van der Waals surface area contributed by atoms with E-state index in [0.29, 0.717) is 19.1 Å². The molecule has 6 heteroatoms. The van der Waals surface area contributed by atoms with Crippen LogP contribution in [0, 0.1) is 0 Å². The third-order valence-corrected chi connectivity index (χ3v) is 5.11. The number of carbonyl (C=O) groups excluding carboxylic acids is 1. The molecule has 0 aliphatic carbocycles. The molecular weight excluding hydrogens is 228 g/mol. The van der Waals surface area contributed by atoms with E-state index in [2.05, 4.69) is 4.90 Å². The molecule has 2 fully saturated rings. The van der Waals surface area contributed by atoms with Crippen molar-refractivity contribution in [2.24, 2.45) is 0 Å². The third kappa shape index (κ3) is 2.55. The van der Waals surface area contributed by atoms with Crippen LogP contribution in [-0.2, 0) is 14.6 Å². The summed E-state index contributed by atoms with van der Waals surface area (Å²) in [5.74, 6) is 0.653. The summed E-state index contributed by atoms with van der Waals surface area (Å²) in [6.45, 7) is 4.40. The molecule has 0 spiro atoms. The highest BCUT2D eigenvalue weighted by molar-refractivity contribution is 7.91. The van der Waals surface area contributed by atoms with Gasteiger partial charge in [0.05, 0.1) is 11.5 Å². The first kappa shape index (κ1) is 11.9. The summed E-state index contributed by atoms with van der Waals surface area (Å²) < 4.78 is 22.6. The second kappa shape index (κ2) is 4.33. The van der Waals surface area contributed by atoms with E-state index in [9.17, 15) is 13.2 Å². The van der Waals surface area contributed by atoms with Gasteiger partial charge in [0.25, 0.3) is 0 Å². The van der Waals surface area contributed by atoms with Crippen molar-refractivity contribution >= 4 is 15.7 Å². The zero-order valence-corrected chi connectivity index (χ0v) is 10.4. The molecule has 0 N–H and O–H groups in total.